The average Bonchev–Trinajstić information content (AvgIpc) is 2.89. The van der Waals surface area contributed by atoms with Crippen LogP contribution in [0.5, 0.6) is 0 Å². The first-order valence-electron chi connectivity index (χ1n) is 8.70. The summed E-state index contributed by atoms with van der Waals surface area (Å²) in [5.41, 5.74) is 5.10. The Morgan fingerprint density at radius 3 is 1.03 bits per heavy atom. The van der Waals surface area contributed by atoms with E-state index in [1.165, 1.54) is 41.0 Å². The molecule has 0 aliphatic rings. The molecule has 31 heavy (non-hydrogen) atoms. The fourth-order valence-electron chi connectivity index (χ4n) is 2.84. The quantitative estimate of drug-likeness (QED) is 0.162. The first-order chi connectivity index (χ1) is 14.9. The second kappa shape index (κ2) is 17.0. The molecule has 1 heterocycles. The van der Waals surface area contributed by atoms with Crippen LogP contribution < -0.4 is 0 Å². The second-order valence-electron chi connectivity index (χ2n) is 5.72. The van der Waals surface area contributed by atoms with Crippen LogP contribution in [0.1, 0.15) is 0 Å². The molecule has 0 saturated heterocycles. The Morgan fingerprint density at radius 1 is 0.419 bits per heavy atom. The summed E-state index contributed by atoms with van der Waals surface area (Å²) < 4.78 is 22.5. The van der Waals surface area contributed by atoms with Crippen LogP contribution in [-0.2, 0) is 35.0 Å². The summed E-state index contributed by atoms with van der Waals surface area (Å²) in [5.74, 6) is 0. The van der Waals surface area contributed by atoms with Gasteiger partial charge >= 0.3 is 33.9 Å². The molecule has 4 aromatic rings. The molecule has 0 atom stereocenters. The number of hydrogen-bond acceptors (Lipinski definition) is 0. The first-order valence-corrected chi connectivity index (χ1v) is 9.59. The third-order valence-electron chi connectivity index (χ3n) is 4.07. The third kappa shape index (κ3) is 8.47. The minimum absolute atomic E-state index is 0. The molecule has 0 aliphatic carbocycles. The van der Waals surface area contributed by atoms with Crippen molar-refractivity contribution in [2.24, 2.45) is 0 Å². The summed E-state index contributed by atoms with van der Waals surface area (Å²) in [5, 5.41) is 2.69. The van der Waals surface area contributed by atoms with E-state index in [-0.39, 0.29) is 21.1 Å². The summed E-state index contributed by atoms with van der Waals surface area (Å²) in [7, 11) is 1.25. The van der Waals surface area contributed by atoms with Gasteiger partial charge in [-0.1, -0.05) is 99.2 Å². The Balaban J connectivity index is 0.00000119. The molecule has 3 nitrogen and oxygen atoms in total. The van der Waals surface area contributed by atoms with E-state index >= 15 is 0 Å². The molecule has 0 aliphatic heterocycles. The molecule has 0 unspecified atom stereocenters. The molecule has 150 valence electrons. The van der Waals surface area contributed by atoms with Gasteiger partial charge in [0.2, 0.25) is 0 Å². The van der Waals surface area contributed by atoms with E-state index in [0.29, 0.717) is 0 Å². The molecule has 0 saturated carbocycles. The van der Waals surface area contributed by atoms with E-state index < -0.39 is 0 Å². The smallest absolute Gasteiger partial charge is 0.0102 e. The van der Waals surface area contributed by atoms with Crippen molar-refractivity contribution >= 4 is 8.19 Å². The molecule has 3 aromatic carbocycles. The zero-order valence-electron chi connectivity index (χ0n) is 16.4. The maximum Gasteiger partial charge on any atom is 0.0102 e. The van der Waals surface area contributed by atoms with E-state index in [2.05, 4.69) is 123 Å². The fourth-order valence-corrected chi connectivity index (χ4v) is 4.06. The number of rotatable bonds is 3. The minimum atomic E-state index is 0. The fraction of sp³-hybridized carbons (Fsp3) is 0. The van der Waals surface area contributed by atoms with Gasteiger partial charge in [-0.15, -0.1) is 0 Å². The molecule has 0 fully saturated rings. The van der Waals surface area contributed by atoms with Crippen LogP contribution in [0.25, 0.3) is 32.8 Å². The van der Waals surface area contributed by atoms with Crippen LogP contribution in [0.4, 0.5) is 0 Å². The first kappa shape index (κ1) is 28.2. The standard InChI is InChI=1S/C23H17P.3CO.Mo/c1-4-10-18(11-5-1)21-16-22(19-12-6-2-7-13-19)24-23(17-21)20-14-8-3-9-15-20;3*1-2;/h1-17H;;;;. The molecule has 4 rings (SSSR count). The molecule has 0 amide bonds. The van der Waals surface area contributed by atoms with Crippen molar-refractivity contribution in [1.82, 2.24) is 0 Å². The monoisotopic (exact) mass is 506 g/mol. The summed E-state index contributed by atoms with van der Waals surface area (Å²) >= 11 is 0. The van der Waals surface area contributed by atoms with Gasteiger partial charge in [-0.05, 0) is 34.4 Å². The molecular weight excluding hydrogens is 487 g/mol. The SMILES string of the molecule is [C-]#[O+].[C-]#[O+].[C-]#[O+].[Mo].c1ccc(-c2cc(-c3ccccc3)pc(-c3ccccc3)c2)cc1. The topological polar surface area (TPSA) is 59.7 Å². The van der Waals surface area contributed by atoms with Crippen molar-refractivity contribution in [2.75, 3.05) is 0 Å². The van der Waals surface area contributed by atoms with Gasteiger partial charge in [-0.3, -0.25) is 0 Å². The van der Waals surface area contributed by atoms with Crippen LogP contribution in [-0.4, -0.2) is 0 Å². The van der Waals surface area contributed by atoms with Crippen LogP contribution in [0.15, 0.2) is 103 Å². The van der Waals surface area contributed by atoms with Crippen LogP contribution in [0.3, 0.4) is 0 Å². The molecule has 0 N–H and O–H groups in total. The van der Waals surface area contributed by atoms with E-state index in [1.807, 2.05) is 0 Å². The van der Waals surface area contributed by atoms with E-state index in [4.69, 9.17) is 14.0 Å². The van der Waals surface area contributed by atoms with Crippen LogP contribution >= 0.6 is 8.19 Å². The minimum Gasteiger partial charge on any atom is -0.0622 e. The molecule has 5 heteroatoms. The number of benzene rings is 3. The predicted molar refractivity (Wildman–Crippen MR) is 117 cm³/mol. The van der Waals surface area contributed by atoms with Crippen molar-refractivity contribution in [2.45, 2.75) is 0 Å². The van der Waals surface area contributed by atoms with Gasteiger partial charge in [0.15, 0.2) is 0 Å². The summed E-state index contributed by atoms with van der Waals surface area (Å²) in [6.45, 7) is 13.5. The van der Waals surface area contributed by atoms with Crippen LogP contribution in [0.2, 0.25) is 0 Å². The Labute approximate surface area is 198 Å². The van der Waals surface area contributed by atoms with Gasteiger partial charge < -0.3 is 0 Å². The van der Waals surface area contributed by atoms with Crippen molar-refractivity contribution in [3.8, 4) is 32.8 Å². The molecule has 1 aromatic heterocycles. The van der Waals surface area contributed by atoms with E-state index in [9.17, 15) is 0 Å². The summed E-state index contributed by atoms with van der Waals surface area (Å²) in [4.78, 5) is 0. The summed E-state index contributed by atoms with van der Waals surface area (Å²) in [6.07, 6.45) is 0. The Morgan fingerprint density at radius 2 is 0.710 bits per heavy atom. The van der Waals surface area contributed by atoms with Gasteiger partial charge in [0.25, 0.3) is 0 Å². The van der Waals surface area contributed by atoms with Crippen molar-refractivity contribution < 1.29 is 35.0 Å². The van der Waals surface area contributed by atoms with Gasteiger partial charge in [0.1, 0.15) is 0 Å². The predicted octanol–water partition coefficient (Wildman–Crippen LogP) is 7.15. The Hall–Kier alpha value is -2.78. The van der Waals surface area contributed by atoms with Gasteiger partial charge in [0.05, 0.1) is 0 Å². The second-order valence-corrected chi connectivity index (χ2v) is 6.91. The maximum absolute atomic E-state index is 7.50. The Kier molecular flexibility index (Phi) is 15.4. The van der Waals surface area contributed by atoms with Crippen molar-refractivity contribution in [1.29, 1.82) is 0 Å². The van der Waals surface area contributed by atoms with E-state index in [1.54, 1.807) is 0 Å². The average molecular weight is 504 g/mol. The van der Waals surface area contributed by atoms with Crippen molar-refractivity contribution in [3.05, 3.63) is 123 Å². The molecule has 0 radical (unpaired) electrons. The zero-order chi connectivity index (χ0) is 22.2. The largest absolute Gasteiger partial charge is 0.0622 e. The van der Waals surface area contributed by atoms with Gasteiger partial charge in [0, 0.05) is 31.7 Å². The molecular formula is C26H17MoO3P. The van der Waals surface area contributed by atoms with Gasteiger partial charge in [-0.25, -0.2) is 0 Å². The number of hydrogen-bond donors (Lipinski definition) is 0. The molecule has 0 spiro atoms. The van der Waals surface area contributed by atoms with Crippen molar-refractivity contribution in [3.63, 3.8) is 0 Å². The van der Waals surface area contributed by atoms with Gasteiger partial charge in [-0.2, -0.15) is 0 Å². The Bertz CT molecular complexity index is 923. The molecule has 0 bridgehead atoms. The summed E-state index contributed by atoms with van der Waals surface area (Å²) in [6, 6.07) is 36.6. The zero-order valence-corrected chi connectivity index (χ0v) is 19.3. The maximum atomic E-state index is 7.50. The normalized spacial score (nSPS) is 8.32. The van der Waals surface area contributed by atoms with E-state index in [0.717, 1.165) is 0 Å². The van der Waals surface area contributed by atoms with Crippen LogP contribution in [0, 0.1) is 20.0 Å². The third-order valence-corrected chi connectivity index (χ3v) is 5.33.